The average Bonchev–Trinajstić information content (AvgIpc) is 3.21. The first-order chi connectivity index (χ1) is 16.8. The summed E-state index contributed by atoms with van der Waals surface area (Å²) in [7, 11) is 0. The molecule has 2 heterocycles. The van der Waals surface area contributed by atoms with Crippen LogP contribution >= 0.6 is 0 Å². The lowest BCUT2D eigenvalue weighted by molar-refractivity contribution is 0.520. The Hall–Kier alpha value is -4.05. The van der Waals surface area contributed by atoms with E-state index in [4.69, 9.17) is 4.42 Å². The van der Waals surface area contributed by atoms with Crippen LogP contribution in [-0.2, 0) is 5.41 Å². The lowest BCUT2D eigenvalue weighted by Gasteiger charge is -2.19. The minimum atomic E-state index is -0.355. The van der Waals surface area contributed by atoms with Crippen LogP contribution in [0.1, 0.15) is 26.3 Å². The standard InChI is InChI=1S/C31H23F2NO/c1-31(2,3)24-17-34-27(16-26(24)33)23-13-7-12-21-22-14-15-25(32)28(30(22)35-29(21)23)20-11-6-9-18-8-4-5-10-19(18)20/h4-17H,1-3H3. The van der Waals surface area contributed by atoms with Crippen LogP contribution < -0.4 is 0 Å². The molecule has 6 rings (SSSR count). The van der Waals surface area contributed by atoms with Gasteiger partial charge in [-0.2, -0.15) is 0 Å². The molecule has 2 nitrogen and oxygen atoms in total. The topological polar surface area (TPSA) is 26.0 Å². The maximum Gasteiger partial charge on any atom is 0.146 e. The Morgan fingerprint density at radius 1 is 0.686 bits per heavy atom. The summed E-state index contributed by atoms with van der Waals surface area (Å²) in [6.45, 7) is 5.86. The van der Waals surface area contributed by atoms with Crippen LogP contribution in [0.15, 0.2) is 89.5 Å². The van der Waals surface area contributed by atoms with Crippen molar-refractivity contribution < 1.29 is 13.2 Å². The van der Waals surface area contributed by atoms with E-state index in [1.54, 1.807) is 12.3 Å². The molecule has 4 heteroatoms. The van der Waals surface area contributed by atoms with Crippen molar-refractivity contribution >= 4 is 32.7 Å². The molecule has 0 fully saturated rings. The summed E-state index contributed by atoms with van der Waals surface area (Å²) in [5.74, 6) is -0.661. The number of pyridine rings is 1. The molecule has 0 radical (unpaired) electrons. The van der Waals surface area contributed by atoms with Gasteiger partial charge in [0.1, 0.15) is 22.8 Å². The van der Waals surface area contributed by atoms with Crippen molar-refractivity contribution in [1.29, 1.82) is 0 Å². The average molecular weight is 464 g/mol. The van der Waals surface area contributed by atoms with Crippen molar-refractivity contribution in [3.63, 3.8) is 0 Å². The lowest BCUT2D eigenvalue weighted by Crippen LogP contribution is -2.14. The SMILES string of the molecule is CC(C)(C)c1cnc(-c2cccc3c2oc2c(-c4cccc5ccccc45)c(F)ccc23)cc1F. The molecule has 0 N–H and O–H groups in total. The second-order valence-electron chi connectivity index (χ2n) is 9.91. The Morgan fingerprint density at radius 2 is 1.37 bits per heavy atom. The predicted molar refractivity (Wildman–Crippen MR) is 139 cm³/mol. The highest BCUT2D eigenvalue weighted by atomic mass is 19.1. The number of benzene rings is 4. The van der Waals surface area contributed by atoms with E-state index in [9.17, 15) is 0 Å². The summed E-state index contributed by atoms with van der Waals surface area (Å²) >= 11 is 0. The second kappa shape index (κ2) is 7.74. The molecule has 0 aliphatic heterocycles. The van der Waals surface area contributed by atoms with E-state index in [2.05, 4.69) is 4.98 Å². The van der Waals surface area contributed by atoms with E-state index >= 15 is 8.78 Å². The van der Waals surface area contributed by atoms with Crippen molar-refractivity contribution in [1.82, 2.24) is 4.98 Å². The molecule has 6 aromatic rings. The largest absolute Gasteiger partial charge is 0.455 e. The summed E-state index contributed by atoms with van der Waals surface area (Å²) in [4.78, 5) is 4.56. The normalized spacial score (nSPS) is 12.1. The van der Waals surface area contributed by atoms with Crippen LogP contribution in [-0.4, -0.2) is 4.98 Å². The number of halogens is 2. The number of nitrogens with zero attached hydrogens (tertiary/aromatic N) is 1. The number of furan rings is 1. The zero-order chi connectivity index (χ0) is 24.3. The first kappa shape index (κ1) is 21.5. The third kappa shape index (κ3) is 3.40. The molecule has 0 saturated heterocycles. The van der Waals surface area contributed by atoms with Gasteiger partial charge in [0, 0.05) is 34.2 Å². The fraction of sp³-hybridized carbons (Fsp3) is 0.129. The zero-order valence-electron chi connectivity index (χ0n) is 19.7. The lowest BCUT2D eigenvalue weighted by atomic mass is 9.87. The second-order valence-corrected chi connectivity index (χ2v) is 9.91. The van der Waals surface area contributed by atoms with E-state index in [-0.39, 0.29) is 17.0 Å². The van der Waals surface area contributed by atoms with Crippen molar-refractivity contribution in [2.24, 2.45) is 0 Å². The molecular weight excluding hydrogens is 440 g/mol. The van der Waals surface area contributed by atoms with Gasteiger partial charge in [-0.3, -0.25) is 4.98 Å². The molecule has 0 aliphatic rings. The maximum absolute atomic E-state index is 15.4. The number of para-hydroxylation sites is 1. The molecule has 0 aliphatic carbocycles. The number of fused-ring (bicyclic) bond motifs is 4. The fourth-order valence-electron chi connectivity index (χ4n) is 4.86. The molecule has 35 heavy (non-hydrogen) atoms. The Balaban J connectivity index is 1.63. The predicted octanol–water partition coefficient (Wildman–Crippen LogP) is 9.04. The number of aromatic nitrogens is 1. The van der Waals surface area contributed by atoms with E-state index in [0.717, 1.165) is 27.1 Å². The summed E-state index contributed by atoms with van der Waals surface area (Å²) in [5.41, 5.74) is 3.56. The maximum atomic E-state index is 15.4. The Bertz CT molecular complexity index is 1750. The summed E-state index contributed by atoms with van der Waals surface area (Å²) in [5, 5.41) is 3.61. The molecule has 0 unspecified atom stereocenters. The van der Waals surface area contributed by atoms with Gasteiger partial charge in [0.25, 0.3) is 0 Å². The van der Waals surface area contributed by atoms with E-state index in [1.807, 2.05) is 81.4 Å². The Kier molecular flexibility index (Phi) is 4.75. The molecule has 2 aromatic heterocycles. The van der Waals surface area contributed by atoms with Gasteiger partial charge in [0.05, 0.1) is 11.3 Å². The van der Waals surface area contributed by atoms with E-state index in [0.29, 0.717) is 33.6 Å². The number of rotatable bonds is 2. The third-order valence-corrected chi connectivity index (χ3v) is 6.61. The van der Waals surface area contributed by atoms with Gasteiger partial charge >= 0.3 is 0 Å². The number of hydrogen-bond acceptors (Lipinski definition) is 2. The van der Waals surface area contributed by atoms with Crippen LogP contribution in [0, 0.1) is 11.6 Å². The van der Waals surface area contributed by atoms with E-state index in [1.165, 1.54) is 12.1 Å². The smallest absolute Gasteiger partial charge is 0.146 e. The summed E-state index contributed by atoms with van der Waals surface area (Å²) < 4.78 is 36.8. The first-order valence-corrected chi connectivity index (χ1v) is 11.6. The highest BCUT2D eigenvalue weighted by Crippen LogP contribution is 2.42. The zero-order valence-corrected chi connectivity index (χ0v) is 19.7. The minimum Gasteiger partial charge on any atom is -0.455 e. The molecule has 0 atom stereocenters. The molecule has 172 valence electrons. The van der Waals surface area contributed by atoms with Crippen LogP contribution in [0.3, 0.4) is 0 Å². The van der Waals surface area contributed by atoms with Gasteiger partial charge in [0.2, 0.25) is 0 Å². The van der Waals surface area contributed by atoms with Crippen LogP contribution in [0.25, 0.3) is 55.1 Å². The highest BCUT2D eigenvalue weighted by Gasteiger charge is 2.22. The monoisotopic (exact) mass is 463 g/mol. The van der Waals surface area contributed by atoms with Crippen molar-refractivity contribution in [3.05, 3.63) is 102 Å². The van der Waals surface area contributed by atoms with Gasteiger partial charge in [-0.05, 0) is 39.9 Å². The van der Waals surface area contributed by atoms with Crippen LogP contribution in [0.4, 0.5) is 8.78 Å². The van der Waals surface area contributed by atoms with Crippen molar-refractivity contribution in [2.75, 3.05) is 0 Å². The summed E-state index contributed by atoms with van der Waals surface area (Å²) in [6, 6.07) is 24.1. The van der Waals surface area contributed by atoms with Crippen molar-refractivity contribution in [3.8, 4) is 22.4 Å². The molecule has 0 saturated carbocycles. The van der Waals surface area contributed by atoms with Crippen LogP contribution in [0.2, 0.25) is 0 Å². The molecule has 0 spiro atoms. The van der Waals surface area contributed by atoms with Gasteiger partial charge in [0.15, 0.2) is 0 Å². The minimum absolute atomic E-state index is 0.307. The highest BCUT2D eigenvalue weighted by molar-refractivity contribution is 6.14. The van der Waals surface area contributed by atoms with Gasteiger partial charge in [-0.25, -0.2) is 8.78 Å². The summed E-state index contributed by atoms with van der Waals surface area (Å²) in [6.07, 6.45) is 1.59. The third-order valence-electron chi connectivity index (χ3n) is 6.61. The molecule has 0 bridgehead atoms. The first-order valence-electron chi connectivity index (χ1n) is 11.6. The van der Waals surface area contributed by atoms with Gasteiger partial charge in [-0.15, -0.1) is 0 Å². The van der Waals surface area contributed by atoms with E-state index < -0.39 is 0 Å². The van der Waals surface area contributed by atoms with Crippen LogP contribution in [0.5, 0.6) is 0 Å². The molecule has 0 amide bonds. The quantitative estimate of drug-likeness (QED) is 0.256. The van der Waals surface area contributed by atoms with Crippen molar-refractivity contribution in [2.45, 2.75) is 26.2 Å². The molecule has 4 aromatic carbocycles. The Labute approximate surface area is 201 Å². The molecular formula is C31H23F2NO. The number of hydrogen-bond donors (Lipinski definition) is 0. The fourth-order valence-corrected chi connectivity index (χ4v) is 4.86. The Morgan fingerprint density at radius 3 is 2.17 bits per heavy atom. The van der Waals surface area contributed by atoms with Gasteiger partial charge in [-0.1, -0.05) is 75.4 Å². The van der Waals surface area contributed by atoms with Gasteiger partial charge < -0.3 is 4.42 Å².